The summed E-state index contributed by atoms with van der Waals surface area (Å²) >= 11 is 0. The van der Waals surface area contributed by atoms with E-state index in [0.29, 0.717) is 0 Å². The maximum Gasteiger partial charge on any atom is 0.490 e. The molecule has 1 atom stereocenters. The first-order valence-corrected chi connectivity index (χ1v) is 3.22. The SMILES string of the molecule is CC(COC(=O)C(F)(F)F)C(=O)O. The molecule has 0 bridgehead atoms. The minimum absolute atomic E-state index is 0.784. The van der Waals surface area contributed by atoms with Gasteiger partial charge in [0.2, 0.25) is 0 Å². The average molecular weight is 200 g/mol. The summed E-state index contributed by atoms with van der Waals surface area (Å²) in [6.45, 7) is 0.347. The summed E-state index contributed by atoms with van der Waals surface area (Å²) in [4.78, 5) is 20.1. The number of carbonyl (C=O) groups is 2. The topological polar surface area (TPSA) is 63.6 Å². The van der Waals surface area contributed by atoms with E-state index in [9.17, 15) is 22.8 Å². The van der Waals surface area contributed by atoms with Gasteiger partial charge in [-0.05, 0) is 6.92 Å². The second-order valence-corrected chi connectivity index (χ2v) is 2.34. The molecule has 0 aromatic carbocycles. The Morgan fingerprint density at radius 2 is 1.92 bits per heavy atom. The molecule has 0 aromatic rings. The lowest BCUT2D eigenvalue weighted by atomic mass is 10.2. The number of carboxylic acid groups (broad SMARTS) is 1. The molecule has 0 aromatic heterocycles. The molecule has 1 N–H and O–H groups in total. The lowest BCUT2D eigenvalue weighted by molar-refractivity contribution is -0.201. The van der Waals surface area contributed by atoms with E-state index in [-0.39, 0.29) is 0 Å². The highest BCUT2D eigenvalue weighted by Gasteiger charge is 2.41. The summed E-state index contributed by atoms with van der Waals surface area (Å²) in [6.07, 6.45) is -5.07. The van der Waals surface area contributed by atoms with Crippen molar-refractivity contribution in [2.75, 3.05) is 6.61 Å². The molecule has 7 heteroatoms. The third-order valence-corrected chi connectivity index (χ3v) is 1.12. The number of ether oxygens (including phenoxy) is 1. The molecule has 0 radical (unpaired) electrons. The summed E-state index contributed by atoms with van der Waals surface area (Å²) in [5.74, 6) is -4.85. The van der Waals surface area contributed by atoms with Gasteiger partial charge >= 0.3 is 18.1 Å². The van der Waals surface area contributed by atoms with Crippen molar-refractivity contribution in [3.05, 3.63) is 0 Å². The lowest BCUT2D eigenvalue weighted by Crippen LogP contribution is -2.28. The minimum atomic E-state index is -5.07. The largest absolute Gasteiger partial charge is 0.490 e. The van der Waals surface area contributed by atoms with Crippen LogP contribution in [0, 0.1) is 5.92 Å². The Hall–Kier alpha value is -1.27. The maximum atomic E-state index is 11.5. The number of hydrogen-bond donors (Lipinski definition) is 1. The van der Waals surface area contributed by atoms with Gasteiger partial charge < -0.3 is 9.84 Å². The van der Waals surface area contributed by atoms with Crippen LogP contribution in [0.25, 0.3) is 0 Å². The standard InChI is InChI=1S/C6H7F3O4/c1-3(4(10)11)2-13-5(12)6(7,8)9/h3H,2H2,1H3,(H,10,11). The lowest BCUT2D eigenvalue weighted by Gasteiger charge is -2.09. The van der Waals surface area contributed by atoms with Gasteiger partial charge in [0.05, 0.1) is 5.92 Å². The van der Waals surface area contributed by atoms with Crippen molar-refractivity contribution in [2.45, 2.75) is 13.1 Å². The molecule has 0 spiro atoms. The Kier molecular flexibility index (Phi) is 3.70. The Balaban J connectivity index is 3.91. The van der Waals surface area contributed by atoms with Crippen LogP contribution in [-0.4, -0.2) is 29.8 Å². The van der Waals surface area contributed by atoms with Gasteiger partial charge in [-0.25, -0.2) is 4.79 Å². The molecule has 0 heterocycles. The summed E-state index contributed by atoms with van der Waals surface area (Å²) in [5, 5.41) is 8.23. The molecule has 0 saturated carbocycles. The van der Waals surface area contributed by atoms with Gasteiger partial charge in [-0.15, -0.1) is 0 Å². The second-order valence-electron chi connectivity index (χ2n) is 2.34. The molecule has 0 aliphatic rings. The zero-order valence-electron chi connectivity index (χ0n) is 6.59. The van der Waals surface area contributed by atoms with Crippen LogP contribution >= 0.6 is 0 Å². The summed E-state index contributed by atoms with van der Waals surface area (Å²) in [7, 11) is 0. The van der Waals surface area contributed by atoms with Crippen LogP contribution in [0.2, 0.25) is 0 Å². The molecule has 1 unspecified atom stereocenters. The zero-order valence-corrected chi connectivity index (χ0v) is 6.59. The fraction of sp³-hybridized carbons (Fsp3) is 0.667. The molecule has 0 aliphatic heterocycles. The summed E-state index contributed by atoms with van der Waals surface area (Å²) < 4.78 is 38.1. The third kappa shape index (κ3) is 4.34. The Bertz CT molecular complexity index is 210. The molecule has 0 rings (SSSR count). The highest BCUT2D eigenvalue weighted by atomic mass is 19.4. The molecule has 4 nitrogen and oxygen atoms in total. The van der Waals surface area contributed by atoms with E-state index in [4.69, 9.17) is 5.11 Å². The van der Waals surface area contributed by atoms with E-state index in [2.05, 4.69) is 4.74 Å². The van der Waals surface area contributed by atoms with Gasteiger partial charge in [-0.3, -0.25) is 4.79 Å². The van der Waals surface area contributed by atoms with Gasteiger partial charge in [-0.1, -0.05) is 0 Å². The normalized spacial score (nSPS) is 13.5. The quantitative estimate of drug-likeness (QED) is 0.685. The number of carbonyl (C=O) groups excluding carboxylic acids is 1. The summed E-state index contributed by atoms with van der Waals surface area (Å²) in [6, 6.07) is 0. The monoisotopic (exact) mass is 200 g/mol. The number of hydrogen-bond acceptors (Lipinski definition) is 3. The molecule has 0 aliphatic carbocycles. The average Bonchev–Trinajstić information content (AvgIpc) is 1.97. The van der Waals surface area contributed by atoms with Crippen LogP contribution in [0.1, 0.15) is 6.92 Å². The fourth-order valence-electron chi connectivity index (χ4n) is 0.354. The molecule has 0 amide bonds. The number of esters is 1. The van der Waals surface area contributed by atoms with Crippen molar-refractivity contribution >= 4 is 11.9 Å². The molecule has 76 valence electrons. The highest BCUT2D eigenvalue weighted by molar-refractivity contribution is 5.76. The van der Waals surface area contributed by atoms with Crippen LogP contribution < -0.4 is 0 Å². The smallest absolute Gasteiger partial charge is 0.481 e. The van der Waals surface area contributed by atoms with Crippen molar-refractivity contribution in [1.29, 1.82) is 0 Å². The molecule has 13 heavy (non-hydrogen) atoms. The van der Waals surface area contributed by atoms with Crippen LogP contribution in [-0.2, 0) is 14.3 Å². The third-order valence-electron chi connectivity index (χ3n) is 1.12. The molecular formula is C6H7F3O4. The number of halogens is 3. The van der Waals surface area contributed by atoms with Crippen LogP contribution in [0.3, 0.4) is 0 Å². The number of aliphatic carboxylic acids is 1. The molecule has 0 fully saturated rings. The number of carboxylic acids is 1. The van der Waals surface area contributed by atoms with Gasteiger partial charge in [0.15, 0.2) is 0 Å². The Morgan fingerprint density at radius 3 is 2.23 bits per heavy atom. The minimum Gasteiger partial charge on any atom is -0.481 e. The van der Waals surface area contributed by atoms with Crippen molar-refractivity contribution in [1.82, 2.24) is 0 Å². The van der Waals surface area contributed by atoms with Crippen molar-refractivity contribution in [3.63, 3.8) is 0 Å². The van der Waals surface area contributed by atoms with E-state index < -0.39 is 30.6 Å². The van der Waals surface area contributed by atoms with E-state index in [1.165, 1.54) is 0 Å². The fourth-order valence-corrected chi connectivity index (χ4v) is 0.354. The van der Waals surface area contributed by atoms with Gasteiger partial charge in [-0.2, -0.15) is 13.2 Å². The highest BCUT2D eigenvalue weighted by Crippen LogP contribution is 2.16. The number of alkyl halides is 3. The van der Waals surface area contributed by atoms with Gasteiger partial charge in [0, 0.05) is 0 Å². The van der Waals surface area contributed by atoms with E-state index in [1.54, 1.807) is 0 Å². The molecule has 0 saturated heterocycles. The second kappa shape index (κ2) is 4.11. The van der Waals surface area contributed by atoms with Crippen LogP contribution in [0.15, 0.2) is 0 Å². The maximum absolute atomic E-state index is 11.5. The zero-order chi connectivity index (χ0) is 10.6. The van der Waals surface area contributed by atoms with Crippen LogP contribution in [0.5, 0.6) is 0 Å². The van der Waals surface area contributed by atoms with E-state index in [0.717, 1.165) is 6.92 Å². The predicted octanol–water partition coefficient (Wildman–Crippen LogP) is 0.813. The predicted molar refractivity (Wildman–Crippen MR) is 33.8 cm³/mol. The van der Waals surface area contributed by atoms with Crippen molar-refractivity contribution in [3.8, 4) is 0 Å². The van der Waals surface area contributed by atoms with E-state index in [1.807, 2.05) is 0 Å². The first kappa shape index (κ1) is 11.7. The van der Waals surface area contributed by atoms with Gasteiger partial charge in [0.25, 0.3) is 0 Å². The van der Waals surface area contributed by atoms with Crippen molar-refractivity contribution < 1.29 is 32.6 Å². The first-order valence-electron chi connectivity index (χ1n) is 3.22. The summed E-state index contributed by atoms with van der Waals surface area (Å²) in [5.41, 5.74) is 0. The Morgan fingerprint density at radius 1 is 1.46 bits per heavy atom. The van der Waals surface area contributed by atoms with Crippen LogP contribution in [0.4, 0.5) is 13.2 Å². The Labute approximate surface area is 71.3 Å². The van der Waals surface area contributed by atoms with E-state index >= 15 is 0 Å². The van der Waals surface area contributed by atoms with Crippen molar-refractivity contribution in [2.24, 2.45) is 5.92 Å². The first-order chi connectivity index (χ1) is 5.75. The molecular weight excluding hydrogens is 193 g/mol. The van der Waals surface area contributed by atoms with Gasteiger partial charge in [0.1, 0.15) is 6.61 Å². The number of rotatable bonds is 3.